The standard InChI is InChI=1S/C42H28BrNO/c43-39-26-25-36(32-18-7-8-20-35(32)39)41(45)44-40-22-12-10-17-31(40)28-23-24-34-33-19-9-11-21-37(33)42(38(34)27-28,29-13-3-1-4-14-29)30-15-5-2-6-16-30/h1-27H,(H,44,45). The first-order valence-corrected chi connectivity index (χ1v) is 15.9. The van der Waals surface area contributed by atoms with Crippen LogP contribution in [-0.4, -0.2) is 5.91 Å². The van der Waals surface area contributed by atoms with Gasteiger partial charge in [-0.1, -0.05) is 155 Å². The number of carbonyl (C=O) groups excluding carboxylic acids is 1. The fourth-order valence-corrected chi connectivity index (χ4v) is 7.58. The Kier molecular flexibility index (Phi) is 6.70. The molecule has 0 radical (unpaired) electrons. The van der Waals surface area contributed by atoms with Gasteiger partial charge in [-0.3, -0.25) is 4.79 Å². The Morgan fingerprint density at radius 2 is 1.09 bits per heavy atom. The molecule has 0 aliphatic heterocycles. The van der Waals surface area contributed by atoms with Crippen molar-refractivity contribution in [3.8, 4) is 22.3 Å². The summed E-state index contributed by atoms with van der Waals surface area (Å²) < 4.78 is 0.967. The third kappa shape index (κ3) is 4.34. The van der Waals surface area contributed by atoms with E-state index in [9.17, 15) is 4.79 Å². The van der Waals surface area contributed by atoms with Crippen molar-refractivity contribution in [3.63, 3.8) is 0 Å². The van der Waals surface area contributed by atoms with Crippen LogP contribution in [0.4, 0.5) is 5.69 Å². The van der Waals surface area contributed by atoms with Gasteiger partial charge in [-0.25, -0.2) is 0 Å². The number of benzene rings is 7. The van der Waals surface area contributed by atoms with Crippen LogP contribution in [0.25, 0.3) is 33.0 Å². The number of carbonyl (C=O) groups is 1. The number of fused-ring (bicyclic) bond motifs is 4. The Hall–Kier alpha value is -5.25. The van der Waals surface area contributed by atoms with Crippen molar-refractivity contribution in [2.75, 3.05) is 5.32 Å². The minimum absolute atomic E-state index is 0.136. The molecule has 7 aromatic rings. The van der Waals surface area contributed by atoms with Crippen molar-refractivity contribution < 1.29 is 4.79 Å². The molecule has 0 spiro atoms. The van der Waals surface area contributed by atoms with Crippen molar-refractivity contribution in [2.24, 2.45) is 0 Å². The lowest BCUT2D eigenvalue weighted by Crippen LogP contribution is -2.28. The SMILES string of the molecule is O=C(Nc1ccccc1-c1ccc2c(c1)C(c1ccccc1)(c1ccccc1)c1ccccc1-2)c1ccc(Br)c2ccccc12. The minimum Gasteiger partial charge on any atom is -0.321 e. The Bertz CT molecular complexity index is 2180. The number of halogens is 1. The summed E-state index contributed by atoms with van der Waals surface area (Å²) >= 11 is 3.64. The lowest BCUT2D eigenvalue weighted by Gasteiger charge is -2.34. The molecular weight excluding hydrogens is 614 g/mol. The van der Waals surface area contributed by atoms with E-state index in [-0.39, 0.29) is 5.91 Å². The third-order valence-corrected chi connectivity index (χ3v) is 9.75. The summed E-state index contributed by atoms with van der Waals surface area (Å²) in [6, 6.07) is 57.0. The summed E-state index contributed by atoms with van der Waals surface area (Å²) in [4.78, 5) is 13.8. The molecule has 214 valence electrons. The molecule has 1 N–H and O–H groups in total. The third-order valence-electron chi connectivity index (χ3n) is 9.06. The predicted molar refractivity (Wildman–Crippen MR) is 189 cm³/mol. The molecule has 0 bridgehead atoms. The van der Waals surface area contributed by atoms with Crippen molar-refractivity contribution in [3.05, 3.63) is 196 Å². The van der Waals surface area contributed by atoms with Gasteiger partial charge < -0.3 is 5.32 Å². The molecule has 1 aliphatic carbocycles. The van der Waals surface area contributed by atoms with Gasteiger partial charge in [-0.15, -0.1) is 0 Å². The predicted octanol–water partition coefficient (Wildman–Crippen LogP) is 10.9. The molecular formula is C42H28BrNO. The molecule has 2 nitrogen and oxygen atoms in total. The highest BCUT2D eigenvalue weighted by atomic mass is 79.9. The molecule has 3 heteroatoms. The summed E-state index contributed by atoms with van der Waals surface area (Å²) in [7, 11) is 0. The number of amides is 1. The van der Waals surface area contributed by atoms with Crippen LogP contribution in [0, 0.1) is 0 Å². The van der Waals surface area contributed by atoms with Crippen LogP contribution in [0.3, 0.4) is 0 Å². The molecule has 1 aliphatic rings. The molecule has 0 aromatic heterocycles. The van der Waals surface area contributed by atoms with Gasteiger partial charge in [0.25, 0.3) is 5.91 Å². The smallest absolute Gasteiger partial charge is 0.256 e. The fourth-order valence-electron chi connectivity index (χ4n) is 7.11. The summed E-state index contributed by atoms with van der Waals surface area (Å²) in [5.74, 6) is -0.136. The van der Waals surface area contributed by atoms with E-state index < -0.39 is 5.41 Å². The molecule has 0 atom stereocenters. The quantitative estimate of drug-likeness (QED) is 0.199. The highest BCUT2D eigenvalue weighted by Gasteiger charge is 2.46. The first-order chi connectivity index (χ1) is 22.2. The second-order valence-electron chi connectivity index (χ2n) is 11.4. The van der Waals surface area contributed by atoms with Gasteiger partial charge in [0.05, 0.1) is 5.41 Å². The first-order valence-electron chi connectivity index (χ1n) is 15.1. The van der Waals surface area contributed by atoms with Gasteiger partial charge in [0.15, 0.2) is 0 Å². The zero-order valence-electron chi connectivity index (χ0n) is 24.4. The molecule has 0 heterocycles. The van der Waals surface area contributed by atoms with Crippen LogP contribution in [0.15, 0.2) is 168 Å². The maximum absolute atomic E-state index is 13.8. The Morgan fingerprint density at radius 3 is 1.82 bits per heavy atom. The molecule has 1 amide bonds. The van der Waals surface area contributed by atoms with E-state index in [2.05, 4.69) is 130 Å². The first kappa shape index (κ1) is 27.3. The minimum atomic E-state index is -0.487. The maximum atomic E-state index is 13.8. The van der Waals surface area contributed by atoms with Crippen molar-refractivity contribution in [1.29, 1.82) is 0 Å². The van der Waals surface area contributed by atoms with Crippen LogP contribution in [0.2, 0.25) is 0 Å². The molecule has 0 saturated carbocycles. The van der Waals surface area contributed by atoms with Crippen LogP contribution < -0.4 is 5.32 Å². The van der Waals surface area contributed by atoms with Gasteiger partial charge in [0.1, 0.15) is 0 Å². The number of nitrogens with one attached hydrogen (secondary N) is 1. The van der Waals surface area contributed by atoms with Gasteiger partial charge >= 0.3 is 0 Å². The summed E-state index contributed by atoms with van der Waals surface area (Å²) in [6.45, 7) is 0. The highest BCUT2D eigenvalue weighted by Crippen LogP contribution is 2.56. The second kappa shape index (κ2) is 11.0. The second-order valence-corrected chi connectivity index (χ2v) is 12.3. The van der Waals surface area contributed by atoms with Crippen LogP contribution in [-0.2, 0) is 5.41 Å². The fraction of sp³-hybridized carbons (Fsp3) is 0.0238. The largest absolute Gasteiger partial charge is 0.321 e. The monoisotopic (exact) mass is 641 g/mol. The molecule has 0 unspecified atom stereocenters. The van der Waals surface area contributed by atoms with Crippen LogP contribution in [0.1, 0.15) is 32.6 Å². The van der Waals surface area contributed by atoms with Crippen molar-refractivity contribution in [1.82, 2.24) is 0 Å². The van der Waals surface area contributed by atoms with Crippen molar-refractivity contribution >= 4 is 38.3 Å². The summed E-state index contributed by atoms with van der Waals surface area (Å²) in [5, 5.41) is 5.17. The number of anilines is 1. The Balaban J connectivity index is 1.30. The van der Waals surface area contributed by atoms with Crippen molar-refractivity contribution in [2.45, 2.75) is 5.41 Å². The van der Waals surface area contributed by atoms with E-state index in [1.54, 1.807) is 0 Å². The van der Waals surface area contributed by atoms with E-state index in [0.29, 0.717) is 5.56 Å². The Morgan fingerprint density at radius 1 is 0.511 bits per heavy atom. The molecule has 0 saturated heterocycles. The van der Waals surface area contributed by atoms with E-state index in [1.807, 2.05) is 54.6 Å². The van der Waals surface area contributed by atoms with Crippen LogP contribution in [0.5, 0.6) is 0 Å². The summed E-state index contributed by atoms with van der Waals surface area (Å²) in [5.41, 5.74) is 10.4. The average Bonchev–Trinajstić information content (AvgIpc) is 3.40. The highest BCUT2D eigenvalue weighted by molar-refractivity contribution is 9.10. The normalized spacial score (nSPS) is 12.8. The average molecular weight is 643 g/mol. The molecule has 45 heavy (non-hydrogen) atoms. The summed E-state index contributed by atoms with van der Waals surface area (Å²) in [6.07, 6.45) is 0. The Labute approximate surface area is 271 Å². The van der Waals surface area contributed by atoms with Gasteiger partial charge in [-0.2, -0.15) is 0 Å². The van der Waals surface area contributed by atoms with Gasteiger partial charge in [-0.05, 0) is 74.0 Å². The van der Waals surface area contributed by atoms with Crippen LogP contribution >= 0.6 is 15.9 Å². The molecule has 7 aromatic carbocycles. The number of para-hydroxylation sites is 1. The number of rotatable bonds is 5. The van der Waals surface area contributed by atoms with E-state index in [0.717, 1.165) is 32.1 Å². The molecule has 8 rings (SSSR count). The van der Waals surface area contributed by atoms with E-state index in [1.165, 1.54) is 33.4 Å². The number of hydrogen-bond acceptors (Lipinski definition) is 1. The lowest BCUT2D eigenvalue weighted by molar-refractivity contribution is 0.102. The zero-order chi connectivity index (χ0) is 30.4. The van der Waals surface area contributed by atoms with Gasteiger partial charge in [0, 0.05) is 21.3 Å². The maximum Gasteiger partial charge on any atom is 0.256 e. The van der Waals surface area contributed by atoms with E-state index in [4.69, 9.17) is 0 Å². The zero-order valence-corrected chi connectivity index (χ0v) is 26.0. The number of hydrogen-bond donors (Lipinski definition) is 1. The van der Waals surface area contributed by atoms with Gasteiger partial charge in [0.2, 0.25) is 0 Å². The molecule has 0 fully saturated rings. The topological polar surface area (TPSA) is 29.1 Å². The lowest BCUT2D eigenvalue weighted by atomic mass is 9.67. The van der Waals surface area contributed by atoms with E-state index >= 15 is 0 Å².